The number of hydrogen-bond acceptors (Lipinski definition) is 6. The predicted molar refractivity (Wildman–Crippen MR) is 275 cm³/mol. The third-order valence-corrected chi connectivity index (χ3v) is 13.4. The van der Waals surface area contributed by atoms with Crippen molar-refractivity contribution < 1.29 is 28.6 Å². The number of esters is 3. The first-order valence-electron chi connectivity index (χ1n) is 29.0. The van der Waals surface area contributed by atoms with Crippen molar-refractivity contribution in [2.45, 2.75) is 341 Å². The van der Waals surface area contributed by atoms with Crippen LogP contribution in [-0.2, 0) is 28.6 Å². The van der Waals surface area contributed by atoms with Gasteiger partial charge in [0, 0.05) is 19.3 Å². The van der Waals surface area contributed by atoms with Crippen molar-refractivity contribution in [1.82, 2.24) is 0 Å². The summed E-state index contributed by atoms with van der Waals surface area (Å²) in [6.45, 7) is 6.71. The van der Waals surface area contributed by atoms with E-state index in [9.17, 15) is 14.4 Å². The van der Waals surface area contributed by atoms with E-state index in [0.29, 0.717) is 19.3 Å². The van der Waals surface area contributed by atoms with E-state index in [4.69, 9.17) is 14.2 Å². The lowest BCUT2D eigenvalue weighted by Gasteiger charge is -2.18. The fourth-order valence-corrected chi connectivity index (χ4v) is 8.98. The molecule has 0 aliphatic carbocycles. The molecule has 0 saturated carbocycles. The van der Waals surface area contributed by atoms with Crippen LogP contribution in [0.1, 0.15) is 335 Å². The Morgan fingerprint density at radius 3 is 0.625 bits per heavy atom. The van der Waals surface area contributed by atoms with Crippen LogP contribution < -0.4 is 0 Å². The topological polar surface area (TPSA) is 78.9 Å². The van der Waals surface area contributed by atoms with Crippen molar-refractivity contribution >= 4 is 17.9 Å². The Kier molecular flexibility index (Phi) is 52.7. The Hall–Kier alpha value is -1.59. The number of carbonyl (C=O) groups excluding carboxylic acids is 3. The van der Waals surface area contributed by atoms with Gasteiger partial charge in [0.2, 0.25) is 0 Å². The second-order valence-electron chi connectivity index (χ2n) is 19.9. The predicted octanol–water partition coefficient (Wildman–Crippen LogP) is 19.2. The number of carbonyl (C=O) groups is 3. The van der Waals surface area contributed by atoms with Gasteiger partial charge in [-0.25, -0.2) is 0 Å². The first-order chi connectivity index (χ1) is 31.5. The van der Waals surface area contributed by atoms with Gasteiger partial charge in [-0.1, -0.05) is 297 Å². The molecule has 0 spiro atoms. The van der Waals surface area contributed by atoms with E-state index in [1.165, 1.54) is 238 Å². The van der Waals surface area contributed by atoms with Crippen LogP contribution in [0.4, 0.5) is 0 Å². The summed E-state index contributed by atoms with van der Waals surface area (Å²) in [6, 6.07) is 0. The highest BCUT2D eigenvalue weighted by Crippen LogP contribution is 2.18. The van der Waals surface area contributed by atoms with Crippen LogP contribution in [0.2, 0.25) is 0 Å². The standard InChI is InChI=1S/C58H112O6/c1-4-7-10-13-16-19-22-25-27-28-29-31-34-36-39-42-45-48-51-57(60)63-54-55(64-58(61)52-49-46-43-40-37-32-24-21-18-15-12-9-6-3)53-62-56(59)50-47-44-41-38-35-33-30-26-23-20-17-14-11-8-5-2/h55H,4-54H2,1-3H3/t55-/m1/s1. The molecular weight excluding hydrogens is 793 g/mol. The lowest BCUT2D eigenvalue weighted by atomic mass is 10.0. The Morgan fingerprint density at radius 2 is 0.422 bits per heavy atom. The van der Waals surface area contributed by atoms with Crippen molar-refractivity contribution in [1.29, 1.82) is 0 Å². The minimum Gasteiger partial charge on any atom is -0.462 e. The molecule has 0 rings (SSSR count). The maximum atomic E-state index is 12.8. The number of ether oxygens (including phenoxy) is 3. The van der Waals surface area contributed by atoms with Gasteiger partial charge < -0.3 is 14.2 Å². The zero-order valence-corrected chi connectivity index (χ0v) is 43.6. The normalized spacial score (nSPS) is 11.9. The molecule has 64 heavy (non-hydrogen) atoms. The fraction of sp³-hybridized carbons (Fsp3) is 0.948. The highest BCUT2D eigenvalue weighted by Gasteiger charge is 2.19. The molecule has 0 heterocycles. The van der Waals surface area contributed by atoms with Gasteiger partial charge in [-0.2, -0.15) is 0 Å². The van der Waals surface area contributed by atoms with Crippen LogP contribution in [0.3, 0.4) is 0 Å². The summed E-state index contributed by atoms with van der Waals surface area (Å²) < 4.78 is 16.9. The molecule has 1 atom stereocenters. The van der Waals surface area contributed by atoms with E-state index in [1.54, 1.807) is 0 Å². The van der Waals surface area contributed by atoms with Crippen LogP contribution >= 0.6 is 0 Å². The summed E-state index contributed by atoms with van der Waals surface area (Å²) in [5, 5.41) is 0. The molecule has 0 radical (unpaired) electrons. The van der Waals surface area contributed by atoms with Crippen LogP contribution in [0.15, 0.2) is 0 Å². The first kappa shape index (κ1) is 62.4. The van der Waals surface area contributed by atoms with Crippen molar-refractivity contribution in [2.24, 2.45) is 0 Å². The van der Waals surface area contributed by atoms with E-state index in [2.05, 4.69) is 20.8 Å². The molecule has 6 heteroatoms. The molecule has 0 saturated heterocycles. The first-order valence-corrected chi connectivity index (χ1v) is 29.0. The maximum Gasteiger partial charge on any atom is 0.306 e. The molecule has 0 N–H and O–H groups in total. The Labute approximate surface area is 399 Å². The van der Waals surface area contributed by atoms with E-state index in [0.717, 1.165) is 57.8 Å². The second-order valence-corrected chi connectivity index (χ2v) is 19.9. The molecule has 0 amide bonds. The van der Waals surface area contributed by atoms with Gasteiger partial charge >= 0.3 is 17.9 Å². The van der Waals surface area contributed by atoms with Gasteiger partial charge in [-0.3, -0.25) is 14.4 Å². The van der Waals surface area contributed by atoms with Gasteiger partial charge in [0.15, 0.2) is 6.10 Å². The molecule has 6 nitrogen and oxygen atoms in total. The van der Waals surface area contributed by atoms with Gasteiger partial charge in [-0.15, -0.1) is 0 Å². The quantitative estimate of drug-likeness (QED) is 0.0344. The molecule has 0 aromatic rings. The van der Waals surface area contributed by atoms with Gasteiger partial charge in [-0.05, 0) is 19.3 Å². The fourth-order valence-electron chi connectivity index (χ4n) is 8.98. The maximum absolute atomic E-state index is 12.8. The Bertz CT molecular complexity index is 951. The van der Waals surface area contributed by atoms with Crippen LogP contribution in [-0.4, -0.2) is 37.2 Å². The average Bonchev–Trinajstić information content (AvgIpc) is 3.29. The molecular formula is C58H112O6. The van der Waals surface area contributed by atoms with Crippen molar-refractivity contribution in [3.8, 4) is 0 Å². The highest BCUT2D eigenvalue weighted by atomic mass is 16.6. The molecule has 0 fully saturated rings. The van der Waals surface area contributed by atoms with Crippen LogP contribution in [0.5, 0.6) is 0 Å². The highest BCUT2D eigenvalue weighted by molar-refractivity contribution is 5.71. The Morgan fingerprint density at radius 1 is 0.250 bits per heavy atom. The Balaban J connectivity index is 4.26. The minimum absolute atomic E-state index is 0.0610. The molecule has 0 aliphatic rings. The summed E-state index contributed by atoms with van der Waals surface area (Å²) in [5.41, 5.74) is 0. The van der Waals surface area contributed by atoms with E-state index in [-0.39, 0.29) is 31.1 Å². The lowest BCUT2D eigenvalue weighted by molar-refractivity contribution is -0.167. The smallest absolute Gasteiger partial charge is 0.306 e. The second kappa shape index (κ2) is 54.0. The van der Waals surface area contributed by atoms with Crippen LogP contribution in [0.25, 0.3) is 0 Å². The van der Waals surface area contributed by atoms with E-state index >= 15 is 0 Å². The monoisotopic (exact) mass is 905 g/mol. The largest absolute Gasteiger partial charge is 0.462 e. The summed E-state index contributed by atoms with van der Waals surface area (Å²) in [5.74, 6) is -0.832. The van der Waals surface area contributed by atoms with E-state index < -0.39 is 6.10 Å². The number of rotatable bonds is 54. The van der Waals surface area contributed by atoms with Gasteiger partial charge in [0.05, 0.1) is 0 Å². The van der Waals surface area contributed by atoms with E-state index in [1.807, 2.05) is 0 Å². The third-order valence-electron chi connectivity index (χ3n) is 13.4. The molecule has 0 aromatic carbocycles. The zero-order valence-electron chi connectivity index (χ0n) is 43.6. The number of hydrogen-bond donors (Lipinski definition) is 0. The van der Waals surface area contributed by atoms with Crippen LogP contribution in [0, 0.1) is 0 Å². The average molecular weight is 906 g/mol. The molecule has 0 bridgehead atoms. The van der Waals surface area contributed by atoms with Crippen molar-refractivity contribution in [3.05, 3.63) is 0 Å². The molecule has 0 aliphatic heterocycles. The van der Waals surface area contributed by atoms with Crippen molar-refractivity contribution in [2.75, 3.05) is 13.2 Å². The van der Waals surface area contributed by atoms with Crippen molar-refractivity contribution in [3.63, 3.8) is 0 Å². The number of unbranched alkanes of at least 4 members (excludes halogenated alkanes) is 43. The third kappa shape index (κ3) is 51.4. The summed E-state index contributed by atoms with van der Waals surface area (Å²) in [6.07, 6.45) is 59.5. The summed E-state index contributed by atoms with van der Waals surface area (Å²) >= 11 is 0. The SMILES string of the molecule is CCCCCCCCCCCCCCCCCCCCC(=O)OC[C@@H](COC(=O)CCCCCCCCCCCCCCCCC)OC(=O)CCCCCCCCCCCCCCC. The molecule has 0 aromatic heterocycles. The summed E-state index contributed by atoms with van der Waals surface area (Å²) in [7, 11) is 0. The summed E-state index contributed by atoms with van der Waals surface area (Å²) in [4.78, 5) is 38.1. The van der Waals surface area contributed by atoms with Gasteiger partial charge in [0.1, 0.15) is 13.2 Å². The van der Waals surface area contributed by atoms with Gasteiger partial charge in [0.25, 0.3) is 0 Å². The lowest BCUT2D eigenvalue weighted by Crippen LogP contribution is -2.30. The zero-order chi connectivity index (χ0) is 46.5. The minimum atomic E-state index is -0.760. The molecule has 0 unspecified atom stereocenters. The molecule has 380 valence electrons.